The molecule has 0 N–H and O–H groups in total. The molecule has 0 unspecified atom stereocenters. The van der Waals surface area contributed by atoms with Crippen molar-refractivity contribution in [1.29, 1.82) is 0 Å². The average Bonchev–Trinajstić information content (AvgIpc) is 3.51. The van der Waals surface area contributed by atoms with Gasteiger partial charge in [-0.15, -0.1) is 0 Å². The molecule has 226 valence electrons. The highest BCUT2D eigenvalue weighted by molar-refractivity contribution is 9.10. The second-order valence-corrected chi connectivity index (χ2v) is 13.3. The molecule has 3 aliphatic rings. The van der Waals surface area contributed by atoms with E-state index < -0.39 is 35.1 Å². The van der Waals surface area contributed by atoms with Crippen molar-refractivity contribution in [3.63, 3.8) is 0 Å². The van der Waals surface area contributed by atoms with Gasteiger partial charge >= 0.3 is 18.3 Å². The van der Waals surface area contributed by atoms with Crippen molar-refractivity contribution >= 4 is 38.7 Å². The average molecular weight is 647 g/mol. The number of hydrogen-bond donors (Lipinski definition) is 0. The third kappa shape index (κ3) is 5.93. The molecule has 4 heterocycles. The fourth-order valence-electron chi connectivity index (χ4n) is 6.49. The van der Waals surface area contributed by atoms with Gasteiger partial charge in [0.25, 0.3) is 0 Å². The molecule has 2 aromatic rings. The van der Waals surface area contributed by atoms with Gasteiger partial charge in [0.1, 0.15) is 24.2 Å². The summed E-state index contributed by atoms with van der Waals surface area (Å²) in [6.07, 6.45) is -3.28. The van der Waals surface area contributed by atoms with Crippen LogP contribution in [-0.4, -0.2) is 88.5 Å². The molecule has 8 nitrogen and oxygen atoms in total. The summed E-state index contributed by atoms with van der Waals surface area (Å²) in [5.41, 5.74) is -1.65. The highest BCUT2D eigenvalue weighted by Gasteiger charge is 2.49. The molecule has 0 bridgehead atoms. The van der Waals surface area contributed by atoms with E-state index in [1.807, 2.05) is 6.92 Å². The van der Waals surface area contributed by atoms with Gasteiger partial charge in [-0.1, -0.05) is 15.9 Å². The Kier molecular flexibility index (Phi) is 7.84. The Morgan fingerprint density at radius 1 is 1.22 bits per heavy atom. The number of amides is 1. The lowest BCUT2D eigenvalue weighted by atomic mass is 9.95. The second kappa shape index (κ2) is 10.7. The van der Waals surface area contributed by atoms with Gasteiger partial charge in [-0.05, 0) is 65.6 Å². The molecule has 3 fully saturated rings. The number of alkyl halides is 4. The zero-order chi connectivity index (χ0) is 29.9. The molecule has 3 saturated heterocycles. The Hall–Kier alpha value is -2.41. The fraction of sp³-hybridized carbons (Fsp3) is 0.679. The van der Waals surface area contributed by atoms with Gasteiger partial charge in [0, 0.05) is 36.4 Å². The van der Waals surface area contributed by atoms with E-state index in [-0.39, 0.29) is 45.9 Å². The van der Waals surface area contributed by atoms with Crippen molar-refractivity contribution in [2.45, 2.75) is 88.9 Å². The van der Waals surface area contributed by atoms with Crippen LogP contribution in [-0.2, 0) is 10.9 Å². The van der Waals surface area contributed by atoms with E-state index in [4.69, 9.17) is 9.47 Å². The number of carbonyl (C=O) groups excluding carboxylic acids is 1. The van der Waals surface area contributed by atoms with Crippen LogP contribution in [0.5, 0.6) is 6.01 Å². The van der Waals surface area contributed by atoms with Crippen LogP contribution in [0.25, 0.3) is 10.9 Å². The van der Waals surface area contributed by atoms with Crippen LogP contribution in [0.2, 0.25) is 0 Å². The highest BCUT2D eigenvalue weighted by atomic mass is 79.9. The molecule has 0 aliphatic carbocycles. The quantitative estimate of drug-likeness (QED) is 0.359. The zero-order valence-electron chi connectivity index (χ0n) is 23.9. The number of benzene rings is 1. The molecule has 41 heavy (non-hydrogen) atoms. The molecule has 4 atom stereocenters. The van der Waals surface area contributed by atoms with Gasteiger partial charge in [-0.3, -0.25) is 4.90 Å². The smallest absolute Gasteiger partial charge is 0.417 e. The lowest BCUT2D eigenvalue weighted by Crippen LogP contribution is -2.45. The first kappa shape index (κ1) is 30.1. The lowest BCUT2D eigenvalue weighted by molar-refractivity contribution is -0.138. The van der Waals surface area contributed by atoms with Crippen LogP contribution >= 0.6 is 15.9 Å². The Balaban J connectivity index is 1.49. The highest BCUT2D eigenvalue weighted by Crippen LogP contribution is 2.42. The van der Waals surface area contributed by atoms with E-state index >= 15 is 0 Å². The molecule has 5 rings (SSSR count). The van der Waals surface area contributed by atoms with E-state index in [2.05, 4.69) is 30.8 Å². The van der Waals surface area contributed by atoms with Crippen LogP contribution in [0.3, 0.4) is 0 Å². The number of ether oxygens (including phenoxy) is 2. The number of aromatic nitrogens is 2. The summed E-state index contributed by atoms with van der Waals surface area (Å²) < 4.78 is 67.4. The van der Waals surface area contributed by atoms with Crippen LogP contribution in [0, 0.1) is 0 Å². The number of likely N-dealkylation sites (tertiary alicyclic amines) is 1. The number of fused-ring (bicyclic) bond motifs is 2. The van der Waals surface area contributed by atoms with Gasteiger partial charge in [0.2, 0.25) is 0 Å². The summed E-state index contributed by atoms with van der Waals surface area (Å²) in [6.45, 7) is 9.07. The van der Waals surface area contributed by atoms with E-state index in [1.54, 1.807) is 37.6 Å². The summed E-state index contributed by atoms with van der Waals surface area (Å²) in [6, 6.07) is 1.83. The molecule has 0 spiro atoms. The summed E-state index contributed by atoms with van der Waals surface area (Å²) >= 11 is 3.06. The zero-order valence-corrected chi connectivity index (χ0v) is 25.5. The van der Waals surface area contributed by atoms with E-state index in [0.29, 0.717) is 25.9 Å². The summed E-state index contributed by atoms with van der Waals surface area (Å²) in [5.74, 6) is 0.265. The molecular weight excluding hydrogens is 610 g/mol. The molecule has 1 aromatic heterocycles. The number of nitrogens with zero attached hydrogens (tertiary/aromatic N) is 5. The normalized spacial score (nSPS) is 27.0. The first-order chi connectivity index (χ1) is 19.1. The Morgan fingerprint density at radius 3 is 2.63 bits per heavy atom. The first-order valence-electron chi connectivity index (χ1n) is 13.9. The maximum absolute atomic E-state index is 14.3. The standard InChI is InChI=1S/C28H36BrF4N5O3/c1-16-22(7-10-38(16)25(39)41-26(2,3)4)36(5)23-18-11-19(28(31,32)33)20(29)12-21(18)34-24(35-23)40-15-27-8-6-9-37(27)14-17(30)13-27/h11-12,16-17,22H,6-10,13-15H2,1-5H3/t16-,17-,22-,27+/m1/s1. The van der Waals surface area contributed by atoms with Gasteiger partial charge in [-0.25, -0.2) is 9.18 Å². The number of hydrogen-bond acceptors (Lipinski definition) is 7. The number of rotatable bonds is 5. The van der Waals surface area contributed by atoms with Crippen molar-refractivity contribution < 1.29 is 31.8 Å². The fourth-order valence-corrected chi connectivity index (χ4v) is 7.04. The third-order valence-corrected chi connectivity index (χ3v) is 9.11. The van der Waals surface area contributed by atoms with Crippen LogP contribution in [0.15, 0.2) is 16.6 Å². The Bertz CT molecular complexity index is 1320. The van der Waals surface area contributed by atoms with Crippen molar-refractivity contribution in [2.75, 3.05) is 38.2 Å². The molecular formula is C28H36BrF4N5O3. The SMILES string of the molecule is C[C@@H]1[C@H](N(C)c2nc(OC[C@@]34CCCN3C[C@H](F)C4)nc3cc(Br)c(C(F)(F)F)cc23)CCN1C(=O)OC(C)(C)C. The summed E-state index contributed by atoms with van der Waals surface area (Å²) in [5, 5.41) is 0.212. The first-order valence-corrected chi connectivity index (χ1v) is 14.7. The topological polar surface area (TPSA) is 71.0 Å². The number of anilines is 1. The predicted octanol–water partition coefficient (Wildman–Crippen LogP) is 6.20. The summed E-state index contributed by atoms with van der Waals surface area (Å²) in [7, 11) is 1.75. The van der Waals surface area contributed by atoms with Gasteiger partial charge < -0.3 is 19.3 Å². The van der Waals surface area contributed by atoms with E-state index in [0.717, 1.165) is 25.5 Å². The molecule has 0 saturated carbocycles. The van der Waals surface area contributed by atoms with Gasteiger partial charge in [0.05, 0.1) is 28.7 Å². The van der Waals surface area contributed by atoms with Gasteiger partial charge in [0.15, 0.2) is 0 Å². The minimum Gasteiger partial charge on any atom is -0.461 e. The number of likely N-dealkylation sites (N-methyl/N-ethyl adjacent to an activating group) is 1. The maximum Gasteiger partial charge on any atom is 0.417 e. The van der Waals surface area contributed by atoms with E-state index in [9.17, 15) is 22.4 Å². The minimum atomic E-state index is -4.59. The predicted molar refractivity (Wildman–Crippen MR) is 150 cm³/mol. The van der Waals surface area contributed by atoms with Crippen molar-refractivity contribution in [1.82, 2.24) is 19.8 Å². The number of halogens is 5. The Morgan fingerprint density at radius 2 is 1.95 bits per heavy atom. The van der Waals surface area contributed by atoms with Crippen molar-refractivity contribution in [3.8, 4) is 6.01 Å². The van der Waals surface area contributed by atoms with Crippen molar-refractivity contribution in [2.24, 2.45) is 0 Å². The molecule has 0 radical (unpaired) electrons. The molecule has 3 aliphatic heterocycles. The van der Waals surface area contributed by atoms with Gasteiger partial charge in [-0.2, -0.15) is 23.1 Å². The lowest BCUT2D eigenvalue weighted by Gasteiger charge is -2.33. The molecule has 13 heteroatoms. The monoisotopic (exact) mass is 645 g/mol. The Labute approximate surface area is 245 Å². The maximum atomic E-state index is 14.3. The number of carbonyl (C=O) groups is 1. The van der Waals surface area contributed by atoms with Crippen molar-refractivity contribution in [3.05, 3.63) is 22.2 Å². The van der Waals surface area contributed by atoms with Crippen LogP contribution in [0.1, 0.15) is 58.9 Å². The van der Waals surface area contributed by atoms with E-state index in [1.165, 1.54) is 6.07 Å². The van der Waals surface area contributed by atoms with Crippen LogP contribution < -0.4 is 9.64 Å². The van der Waals surface area contributed by atoms with Crippen LogP contribution in [0.4, 0.5) is 28.2 Å². The third-order valence-electron chi connectivity index (χ3n) is 8.45. The summed E-state index contributed by atoms with van der Waals surface area (Å²) in [4.78, 5) is 27.5. The largest absolute Gasteiger partial charge is 0.461 e. The molecule has 1 aromatic carbocycles. The molecule has 1 amide bonds. The minimum absolute atomic E-state index is 0.0178. The second-order valence-electron chi connectivity index (χ2n) is 12.4.